The normalized spacial score (nSPS) is 13.3. The highest BCUT2D eigenvalue weighted by Crippen LogP contribution is 2.44. The van der Waals surface area contributed by atoms with E-state index in [1.807, 2.05) is 0 Å². The molecule has 12 heteroatoms. The van der Waals surface area contributed by atoms with Crippen molar-refractivity contribution in [2.24, 2.45) is 0 Å². The molecule has 0 radical (unpaired) electrons. The highest BCUT2D eigenvalue weighted by molar-refractivity contribution is 7.52. The van der Waals surface area contributed by atoms with E-state index in [0.29, 0.717) is 25.3 Å². The average molecular weight is 449 g/mol. The van der Waals surface area contributed by atoms with Gasteiger partial charge in [-0.1, -0.05) is 0 Å². The molecule has 0 amide bonds. The number of hydrogen-bond donors (Lipinski definition) is 0. The maximum atomic E-state index is 12.3. The third kappa shape index (κ3) is 10.6. The Balaban J connectivity index is 3.97. The zero-order valence-corrected chi connectivity index (χ0v) is 20.7. The van der Waals surface area contributed by atoms with Gasteiger partial charge in [0, 0.05) is 61.4 Å². The van der Waals surface area contributed by atoms with Gasteiger partial charge in [-0.25, -0.2) is 0 Å². The van der Waals surface area contributed by atoms with Crippen molar-refractivity contribution in [2.45, 2.75) is 37.8 Å². The summed E-state index contributed by atoms with van der Waals surface area (Å²) in [4.78, 5) is 0. The minimum absolute atomic E-state index is 0.350. The zero-order valence-electron chi connectivity index (χ0n) is 17.8. The van der Waals surface area contributed by atoms with Crippen molar-refractivity contribution in [2.75, 3.05) is 62.5 Å². The van der Waals surface area contributed by atoms with Gasteiger partial charge in [0.1, 0.15) is 0 Å². The van der Waals surface area contributed by atoms with Crippen LogP contribution in [-0.2, 0) is 40.2 Å². The van der Waals surface area contributed by atoms with Gasteiger partial charge in [-0.15, -0.1) is 0 Å². The minimum atomic E-state index is -3.06. The van der Waals surface area contributed by atoms with Gasteiger partial charge in [-0.05, 0) is 25.7 Å². The monoisotopic (exact) mass is 448 g/mol. The summed E-state index contributed by atoms with van der Waals surface area (Å²) >= 11 is 0. The van der Waals surface area contributed by atoms with Crippen LogP contribution < -0.4 is 0 Å². The molecule has 27 heavy (non-hydrogen) atoms. The van der Waals surface area contributed by atoms with E-state index in [0.717, 1.165) is 25.7 Å². The molecule has 0 fully saturated rings. The third-order valence-corrected chi connectivity index (χ3v) is 11.2. The molecule has 0 bridgehead atoms. The summed E-state index contributed by atoms with van der Waals surface area (Å²) in [6, 6.07) is 1.36. The fraction of sp³-hybridized carbons (Fsp3) is 1.00. The molecule has 0 spiro atoms. The zero-order chi connectivity index (χ0) is 20.8. The van der Waals surface area contributed by atoms with Gasteiger partial charge < -0.3 is 35.6 Å². The first-order chi connectivity index (χ1) is 12.8. The van der Waals surface area contributed by atoms with Crippen LogP contribution in [0.25, 0.3) is 0 Å². The van der Waals surface area contributed by atoms with Crippen molar-refractivity contribution in [3.63, 3.8) is 0 Å². The van der Waals surface area contributed by atoms with Crippen LogP contribution >= 0.6 is 7.60 Å². The summed E-state index contributed by atoms with van der Waals surface area (Å²) in [6.07, 6.45) is 3.02. The van der Waals surface area contributed by atoms with Gasteiger partial charge in [0.2, 0.25) is 0 Å². The first-order valence-corrected chi connectivity index (χ1v) is 14.8. The fourth-order valence-corrected chi connectivity index (χ4v) is 7.08. The first kappa shape index (κ1) is 27.3. The molecule has 0 aromatic heterocycles. The third-order valence-electron chi connectivity index (χ3n) is 4.27. The Bertz CT molecular complexity index is 370. The molecule has 0 atom stereocenters. The Hall–Kier alpha value is 0.344. The first-order valence-electron chi connectivity index (χ1n) is 8.95. The van der Waals surface area contributed by atoms with Crippen LogP contribution in [0.15, 0.2) is 0 Å². The van der Waals surface area contributed by atoms with E-state index in [1.165, 1.54) is 6.66 Å². The van der Waals surface area contributed by atoms with Crippen LogP contribution in [0.5, 0.6) is 0 Å². The topological polar surface area (TPSA) is 90.9 Å². The lowest BCUT2D eigenvalue weighted by atomic mass is 10.4. The second-order valence-corrected chi connectivity index (χ2v) is 14.2. The largest absolute Gasteiger partial charge is 0.500 e. The highest BCUT2D eigenvalue weighted by Gasteiger charge is 2.37. The van der Waals surface area contributed by atoms with Crippen molar-refractivity contribution in [1.29, 1.82) is 0 Å². The molecule has 0 aliphatic rings. The highest BCUT2D eigenvalue weighted by atomic mass is 31.2. The molecule has 0 rings (SSSR count). The lowest BCUT2D eigenvalue weighted by Gasteiger charge is -2.24. The molecule has 0 unspecified atom stereocenters. The van der Waals surface area contributed by atoms with E-state index < -0.39 is 25.2 Å². The van der Waals surface area contributed by atoms with Crippen LogP contribution in [0.1, 0.15) is 25.7 Å². The predicted molar refractivity (Wildman–Crippen MR) is 107 cm³/mol. The molecule has 9 nitrogen and oxygen atoms in total. The van der Waals surface area contributed by atoms with E-state index in [-0.39, 0.29) is 0 Å². The van der Waals surface area contributed by atoms with Crippen molar-refractivity contribution in [3.05, 3.63) is 0 Å². The van der Waals surface area contributed by atoms with Gasteiger partial charge in [-0.3, -0.25) is 4.57 Å². The summed E-state index contributed by atoms with van der Waals surface area (Å²) in [5.41, 5.74) is 0. The molecule has 0 heterocycles. The second kappa shape index (κ2) is 14.3. The van der Waals surface area contributed by atoms with Crippen LogP contribution in [0.2, 0.25) is 12.1 Å². The molecule has 0 aliphatic heterocycles. The van der Waals surface area contributed by atoms with Crippen LogP contribution in [0.4, 0.5) is 0 Å². The summed E-state index contributed by atoms with van der Waals surface area (Å²) in [5.74, 6) is 0. The van der Waals surface area contributed by atoms with Gasteiger partial charge >= 0.3 is 25.2 Å². The molecule has 0 saturated heterocycles. The molecule has 0 aromatic carbocycles. The van der Waals surface area contributed by atoms with E-state index in [2.05, 4.69) is 0 Å². The fourth-order valence-electron chi connectivity index (χ4n) is 2.50. The molecule has 164 valence electrons. The van der Waals surface area contributed by atoms with Gasteiger partial charge in [0.05, 0.1) is 13.2 Å². The van der Waals surface area contributed by atoms with E-state index >= 15 is 0 Å². The van der Waals surface area contributed by atoms with Crippen molar-refractivity contribution in [1.82, 2.24) is 0 Å². The molecular formula is C15H37O9PSi2. The second-order valence-electron chi connectivity index (χ2n) is 5.94. The lowest BCUT2D eigenvalue weighted by molar-refractivity contribution is 0.122. The van der Waals surface area contributed by atoms with Crippen molar-refractivity contribution in [3.8, 4) is 0 Å². The maximum absolute atomic E-state index is 12.3. The van der Waals surface area contributed by atoms with Crippen LogP contribution in [0, 0.1) is 0 Å². The Morgan fingerprint density at radius 3 is 1.15 bits per heavy atom. The SMILES string of the molecule is CO[Si](CCCCOP(C)(=O)OCCCC[Si](OC)(OC)OC)(OC)OC. The Morgan fingerprint density at radius 1 is 0.593 bits per heavy atom. The molecule has 0 aliphatic carbocycles. The summed E-state index contributed by atoms with van der Waals surface area (Å²) in [5, 5.41) is 0. The standard InChI is InChI=1S/C15H37O9PSi2/c1-17-26(18-2,19-3)14-10-8-12-23-25(7,16)24-13-9-11-15-27(20-4,21-5)22-6/h8-15H2,1-7H3. The summed E-state index contributed by atoms with van der Waals surface area (Å²) in [6.45, 7) is 2.19. The quantitative estimate of drug-likeness (QED) is 0.178. The predicted octanol–water partition coefficient (Wildman–Crippen LogP) is 3.16. The van der Waals surface area contributed by atoms with E-state index in [1.54, 1.807) is 42.7 Å². The van der Waals surface area contributed by atoms with Gasteiger partial charge in [0.25, 0.3) is 0 Å². The molecular weight excluding hydrogens is 411 g/mol. The molecule has 0 aromatic rings. The van der Waals surface area contributed by atoms with Crippen molar-refractivity contribution < 1.29 is 40.2 Å². The molecule has 0 N–H and O–H groups in total. The minimum Gasteiger partial charge on any atom is -0.377 e. The van der Waals surface area contributed by atoms with Gasteiger partial charge in [0.15, 0.2) is 0 Å². The summed E-state index contributed by atoms with van der Waals surface area (Å²) < 4.78 is 55.3. The van der Waals surface area contributed by atoms with E-state index in [4.69, 9.17) is 35.6 Å². The Morgan fingerprint density at radius 2 is 0.889 bits per heavy atom. The Kier molecular flexibility index (Phi) is 14.5. The van der Waals surface area contributed by atoms with Crippen LogP contribution in [0.3, 0.4) is 0 Å². The number of rotatable bonds is 18. The van der Waals surface area contributed by atoms with E-state index in [9.17, 15) is 4.57 Å². The number of unbranched alkanes of at least 4 members (excludes halogenated alkanes) is 2. The maximum Gasteiger partial charge on any atom is 0.500 e. The Labute approximate surface area is 166 Å². The average Bonchev–Trinajstić information content (AvgIpc) is 2.68. The summed E-state index contributed by atoms with van der Waals surface area (Å²) in [7, 11) is 1.35. The van der Waals surface area contributed by atoms with Gasteiger partial charge in [-0.2, -0.15) is 0 Å². The number of hydrogen-bond acceptors (Lipinski definition) is 9. The smallest absolute Gasteiger partial charge is 0.377 e. The van der Waals surface area contributed by atoms with Crippen molar-refractivity contribution >= 4 is 25.2 Å². The lowest BCUT2D eigenvalue weighted by Crippen LogP contribution is -2.42. The molecule has 0 saturated carbocycles. The van der Waals surface area contributed by atoms with Crippen LogP contribution in [-0.4, -0.2) is 80.1 Å².